The first-order valence-electron chi connectivity index (χ1n) is 26.7. The van der Waals surface area contributed by atoms with Gasteiger partial charge in [0, 0.05) is 25.4 Å². The fourth-order valence-corrected chi connectivity index (χ4v) is 8.56. The molecule has 0 aromatic heterocycles. The quantitative estimate of drug-likeness (QED) is 0.0286. The Hall–Kier alpha value is -0.880. The molecule has 1 N–H and O–H groups in total. The van der Waals surface area contributed by atoms with E-state index in [9.17, 15) is 9.90 Å². The molecule has 0 saturated carbocycles. The third-order valence-electron chi connectivity index (χ3n) is 12.3. The molecular formula is C54H105ClN2O3. The van der Waals surface area contributed by atoms with Crippen LogP contribution in [0.3, 0.4) is 0 Å². The van der Waals surface area contributed by atoms with Crippen LogP contribution in [-0.4, -0.2) is 79.2 Å². The maximum absolute atomic E-state index is 12.2. The van der Waals surface area contributed by atoms with Crippen LogP contribution in [0.25, 0.3) is 0 Å². The second-order valence-electron chi connectivity index (χ2n) is 18.1. The Morgan fingerprint density at radius 1 is 0.433 bits per heavy atom. The Labute approximate surface area is 381 Å². The number of carbonyl (C=O) groups excluding carboxylic acids is 1. The molecule has 0 radical (unpaired) electrons. The van der Waals surface area contributed by atoms with Gasteiger partial charge in [-0.2, -0.15) is 0 Å². The molecule has 0 spiro atoms. The molecule has 0 aliphatic rings. The van der Waals surface area contributed by atoms with Gasteiger partial charge in [0.15, 0.2) is 0 Å². The Bertz CT molecular complexity index is 883. The van der Waals surface area contributed by atoms with Gasteiger partial charge in [-0.25, -0.2) is 0 Å². The minimum Gasteiger partial charge on any atom is -0.466 e. The Balaban J connectivity index is 3.54. The summed E-state index contributed by atoms with van der Waals surface area (Å²) in [7, 11) is 0. The average molecular weight is 866 g/mol. The van der Waals surface area contributed by atoms with Gasteiger partial charge < -0.3 is 19.6 Å². The van der Waals surface area contributed by atoms with E-state index in [1.54, 1.807) is 0 Å². The molecule has 0 amide bonds. The van der Waals surface area contributed by atoms with Crippen LogP contribution < -0.4 is 0 Å². The number of alkyl halides is 1. The Kier molecular flexibility index (Phi) is 51.7. The Morgan fingerprint density at radius 2 is 0.783 bits per heavy atom. The molecule has 0 rings (SSSR count). The van der Waals surface area contributed by atoms with Crippen LogP contribution in [-0.2, 0) is 9.53 Å². The van der Waals surface area contributed by atoms with Gasteiger partial charge in [0.1, 0.15) is 0 Å². The summed E-state index contributed by atoms with van der Waals surface area (Å²) in [4.78, 5) is 17.2. The van der Waals surface area contributed by atoms with Crippen molar-refractivity contribution in [3.05, 3.63) is 24.3 Å². The molecule has 0 unspecified atom stereocenters. The summed E-state index contributed by atoms with van der Waals surface area (Å²) in [5, 5.41) is 9.54. The number of unbranched alkanes of at least 4 members (excludes halogenated alkanes) is 31. The molecule has 5 nitrogen and oxygen atoms in total. The van der Waals surface area contributed by atoms with Gasteiger partial charge >= 0.3 is 5.97 Å². The highest BCUT2D eigenvalue weighted by Gasteiger charge is 2.07. The number of nitrogens with zero attached hydrogens (tertiary/aromatic N) is 2. The number of aliphatic hydroxyl groups excluding tert-OH is 1. The van der Waals surface area contributed by atoms with Crippen molar-refractivity contribution in [3.8, 4) is 0 Å². The summed E-state index contributed by atoms with van der Waals surface area (Å²) in [5.41, 5.74) is 0. The molecule has 6 heteroatoms. The fraction of sp³-hybridized carbons (Fsp3) is 0.907. The maximum atomic E-state index is 12.2. The van der Waals surface area contributed by atoms with Crippen LogP contribution in [0, 0.1) is 0 Å². The van der Waals surface area contributed by atoms with Crippen molar-refractivity contribution >= 4 is 17.6 Å². The van der Waals surface area contributed by atoms with E-state index in [1.807, 2.05) is 0 Å². The normalized spacial score (nSPS) is 12.0. The zero-order valence-corrected chi connectivity index (χ0v) is 41.3. The van der Waals surface area contributed by atoms with Gasteiger partial charge in [-0.15, -0.1) is 11.6 Å². The number of carbonyl (C=O) groups is 1. The van der Waals surface area contributed by atoms with Gasteiger partial charge in [0.05, 0.1) is 13.2 Å². The van der Waals surface area contributed by atoms with Crippen molar-refractivity contribution < 1.29 is 14.6 Å². The van der Waals surface area contributed by atoms with Gasteiger partial charge in [0.25, 0.3) is 0 Å². The number of halogens is 1. The summed E-state index contributed by atoms with van der Waals surface area (Å²) in [6, 6.07) is 0. The number of ether oxygens (including phenoxy) is 1. The van der Waals surface area contributed by atoms with Crippen molar-refractivity contribution in [1.82, 2.24) is 9.80 Å². The molecule has 0 heterocycles. The third-order valence-corrected chi connectivity index (χ3v) is 12.5. The van der Waals surface area contributed by atoms with E-state index in [0.717, 1.165) is 64.2 Å². The number of hydrogen-bond acceptors (Lipinski definition) is 5. The number of hydrogen-bond donors (Lipinski definition) is 1. The molecule has 0 fully saturated rings. The van der Waals surface area contributed by atoms with Crippen LogP contribution in [0.2, 0.25) is 0 Å². The van der Waals surface area contributed by atoms with Gasteiger partial charge in [-0.3, -0.25) is 4.79 Å². The lowest BCUT2D eigenvalue weighted by atomic mass is 10.1. The summed E-state index contributed by atoms with van der Waals surface area (Å²) >= 11 is 6.10. The zero-order chi connectivity index (χ0) is 43.5. The van der Waals surface area contributed by atoms with E-state index in [4.69, 9.17) is 16.3 Å². The third kappa shape index (κ3) is 48.2. The first-order chi connectivity index (χ1) is 29.7. The molecule has 0 atom stereocenters. The molecule has 0 aliphatic carbocycles. The minimum absolute atomic E-state index is 0.00181. The van der Waals surface area contributed by atoms with E-state index < -0.39 is 0 Å². The molecule has 60 heavy (non-hydrogen) atoms. The zero-order valence-electron chi connectivity index (χ0n) is 40.6. The van der Waals surface area contributed by atoms with Crippen LogP contribution in [0.5, 0.6) is 0 Å². The summed E-state index contributed by atoms with van der Waals surface area (Å²) < 4.78 is 5.52. The highest BCUT2D eigenvalue weighted by Crippen LogP contribution is 2.15. The number of aliphatic hydroxyl groups is 1. The number of rotatable bonds is 51. The second kappa shape index (κ2) is 52.5. The summed E-state index contributed by atoms with van der Waals surface area (Å²) in [6.07, 6.45) is 57.7. The van der Waals surface area contributed by atoms with Crippen LogP contribution >= 0.6 is 11.6 Å². The van der Waals surface area contributed by atoms with Crippen molar-refractivity contribution in [2.45, 2.75) is 258 Å². The number of esters is 1. The first-order valence-corrected chi connectivity index (χ1v) is 27.3. The minimum atomic E-state index is -0.00181. The molecule has 0 aliphatic heterocycles. The first kappa shape index (κ1) is 59.1. The fourth-order valence-electron chi connectivity index (χ4n) is 8.32. The summed E-state index contributed by atoms with van der Waals surface area (Å²) in [5.74, 6) is 0.740. The van der Waals surface area contributed by atoms with Gasteiger partial charge in [-0.1, -0.05) is 205 Å². The molecular weight excluding hydrogens is 760 g/mol. The van der Waals surface area contributed by atoms with Crippen molar-refractivity contribution in [1.29, 1.82) is 0 Å². The lowest BCUT2D eigenvalue weighted by molar-refractivity contribution is -0.143. The van der Waals surface area contributed by atoms with Gasteiger partial charge in [-0.05, 0) is 96.8 Å². The van der Waals surface area contributed by atoms with Crippen molar-refractivity contribution in [2.75, 3.05) is 58.4 Å². The second-order valence-corrected chi connectivity index (χ2v) is 18.5. The lowest BCUT2D eigenvalue weighted by Crippen LogP contribution is -2.29. The topological polar surface area (TPSA) is 53.0 Å². The van der Waals surface area contributed by atoms with E-state index >= 15 is 0 Å². The van der Waals surface area contributed by atoms with E-state index in [1.165, 1.54) is 219 Å². The largest absolute Gasteiger partial charge is 0.466 e. The monoisotopic (exact) mass is 865 g/mol. The molecule has 0 saturated heterocycles. The lowest BCUT2D eigenvalue weighted by Gasteiger charge is -2.21. The SMILES string of the molecule is CCCCC/C=C\C/C=C\CCCCCCCCN(CCO)CCCCCCCCCCOC(=O)CCCCCCCCCN(CCCl)CCCCCCCCCCCC. The van der Waals surface area contributed by atoms with Crippen LogP contribution in [0.4, 0.5) is 0 Å². The Morgan fingerprint density at radius 3 is 1.22 bits per heavy atom. The highest BCUT2D eigenvalue weighted by atomic mass is 35.5. The standard InChI is InChI=1S/C54H105ClN2O3/c1-3-5-7-9-11-13-15-16-17-18-19-20-22-28-35-41-48-57(51-52-58)49-42-36-29-23-24-31-37-43-53-60-54(59)44-38-32-26-25-30-34-40-47-56(50-45-55)46-39-33-27-21-14-12-10-8-6-4-2/h11,13,16-17,58H,3-10,12,14-15,18-53H2,1-2H3/b13-11-,17-16-. The molecule has 356 valence electrons. The molecule has 0 aromatic rings. The van der Waals surface area contributed by atoms with Crippen molar-refractivity contribution in [2.24, 2.45) is 0 Å². The maximum Gasteiger partial charge on any atom is 0.305 e. The molecule has 0 aromatic carbocycles. The average Bonchev–Trinajstić information content (AvgIpc) is 3.25. The predicted molar refractivity (Wildman–Crippen MR) is 267 cm³/mol. The predicted octanol–water partition coefficient (Wildman–Crippen LogP) is 16.3. The van der Waals surface area contributed by atoms with E-state index in [0.29, 0.717) is 13.0 Å². The molecule has 0 bridgehead atoms. The number of allylic oxidation sites excluding steroid dienone is 4. The van der Waals surface area contributed by atoms with E-state index in [2.05, 4.69) is 48.0 Å². The van der Waals surface area contributed by atoms with Crippen LogP contribution in [0.15, 0.2) is 24.3 Å². The smallest absolute Gasteiger partial charge is 0.305 e. The highest BCUT2D eigenvalue weighted by molar-refractivity contribution is 6.18. The summed E-state index contributed by atoms with van der Waals surface area (Å²) in [6.45, 7) is 11.9. The van der Waals surface area contributed by atoms with Gasteiger partial charge in [0.2, 0.25) is 0 Å². The van der Waals surface area contributed by atoms with E-state index in [-0.39, 0.29) is 12.6 Å². The van der Waals surface area contributed by atoms with Crippen molar-refractivity contribution in [3.63, 3.8) is 0 Å². The van der Waals surface area contributed by atoms with Crippen LogP contribution in [0.1, 0.15) is 258 Å².